The van der Waals surface area contributed by atoms with E-state index in [9.17, 15) is 13.2 Å². The van der Waals surface area contributed by atoms with Crippen LogP contribution in [-0.4, -0.2) is 45.5 Å². The minimum Gasteiger partial charge on any atom is -0.326 e. The predicted molar refractivity (Wildman–Crippen MR) is 164 cm³/mol. The van der Waals surface area contributed by atoms with E-state index in [2.05, 4.69) is 95.8 Å². The molecule has 5 rings (SSSR count). The lowest BCUT2D eigenvalue weighted by Gasteiger charge is -2.39. The highest BCUT2D eigenvalue weighted by molar-refractivity contribution is 5.85. The molecule has 0 spiro atoms. The van der Waals surface area contributed by atoms with Gasteiger partial charge in [0.25, 0.3) is 0 Å². The molecule has 0 bridgehead atoms. The summed E-state index contributed by atoms with van der Waals surface area (Å²) < 4.78 is 41.4. The van der Waals surface area contributed by atoms with Gasteiger partial charge in [-0.25, -0.2) is 4.98 Å². The van der Waals surface area contributed by atoms with Crippen LogP contribution in [0.1, 0.15) is 54.0 Å². The Hall–Kier alpha value is -2.84. The molecule has 3 aromatic carbocycles. The zero-order valence-electron chi connectivity index (χ0n) is 23.5. The minimum absolute atomic E-state index is 0. The van der Waals surface area contributed by atoms with Crippen molar-refractivity contribution in [1.29, 1.82) is 0 Å². The first kappa shape index (κ1) is 32.7. The monoisotopic (exact) mass is 604 g/mol. The largest absolute Gasteiger partial charge is 0.416 e. The lowest BCUT2D eigenvalue weighted by Crippen LogP contribution is -2.47. The van der Waals surface area contributed by atoms with Crippen LogP contribution in [0.2, 0.25) is 0 Å². The molecule has 1 aliphatic rings. The number of imidazole rings is 1. The molecule has 0 atom stereocenters. The molecular weight excluding hydrogens is 568 g/mol. The Bertz CT molecular complexity index is 1330. The summed E-state index contributed by atoms with van der Waals surface area (Å²) in [6.07, 6.45) is -4.35. The summed E-state index contributed by atoms with van der Waals surface area (Å²) in [5, 5.41) is 0. The molecule has 220 valence electrons. The maximum absolute atomic E-state index is 13.1. The Labute approximate surface area is 253 Å². The van der Waals surface area contributed by atoms with Crippen molar-refractivity contribution >= 4 is 24.8 Å². The van der Waals surface area contributed by atoms with Gasteiger partial charge in [-0.2, -0.15) is 13.2 Å². The molecule has 0 N–H and O–H groups in total. The minimum atomic E-state index is -4.35. The number of hydrogen-bond acceptors (Lipinski definition) is 3. The van der Waals surface area contributed by atoms with Crippen LogP contribution in [0.25, 0.3) is 11.4 Å². The second-order valence-corrected chi connectivity index (χ2v) is 10.5. The highest BCUT2D eigenvalue weighted by atomic mass is 35.5. The first-order chi connectivity index (χ1) is 18.7. The molecule has 1 aliphatic heterocycles. The molecule has 1 saturated heterocycles. The molecule has 9 heteroatoms. The number of piperazine rings is 1. The molecular formula is C32H37Cl2F3N4. The molecule has 1 fully saturated rings. The number of hydrogen-bond donors (Lipinski definition) is 0. The SMILES string of the molecule is Cc1c(CN2CCN(C(c3ccccc3)c3ccccc3)CC2)nc(-c2ccc(C(F)(F)F)cc2)n1C(C)C.Cl.Cl. The molecule has 2 heterocycles. The molecule has 0 amide bonds. The maximum Gasteiger partial charge on any atom is 0.416 e. The molecule has 4 nitrogen and oxygen atoms in total. The van der Waals surface area contributed by atoms with Crippen LogP contribution in [0.4, 0.5) is 13.2 Å². The zero-order valence-corrected chi connectivity index (χ0v) is 25.1. The fraction of sp³-hybridized carbons (Fsp3) is 0.344. The molecule has 41 heavy (non-hydrogen) atoms. The normalized spacial score (nSPS) is 14.6. The van der Waals surface area contributed by atoms with Crippen molar-refractivity contribution in [3.05, 3.63) is 113 Å². The van der Waals surface area contributed by atoms with Crippen molar-refractivity contribution in [3.63, 3.8) is 0 Å². The van der Waals surface area contributed by atoms with Crippen LogP contribution < -0.4 is 0 Å². The number of alkyl halides is 3. The van der Waals surface area contributed by atoms with E-state index >= 15 is 0 Å². The van der Waals surface area contributed by atoms with E-state index < -0.39 is 11.7 Å². The van der Waals surface area contributed by atoms with E-state index in [1.54, 1.807) is 0 Å². The Morgan fingerprint density at radius 2 is 1.27 bits per heavy atom. The molecule has 0 aliphatic carbocycles. The summed E-state index contributed by atoms with van der Waals surface area (Å²) in [7, 11) is 0. The van der Waals surface area contributed by atoms with Gasteiger partial charge in [0.2, 0.25) is 0 Å². The van der Waals surface area contributed by atoms with Crippen molar-refractivity contribution in [2.75, 3.05) is 26.2 Å². The number of halogens is 5. The molecule has 0 unspecified atom stereocenters. The summed E-state index contributed by atoms with van der Waals surface area (Å²) in [6.45, 7) is 10.6. The topological polar surface area (TPSA) is 24.3 Å². The van der Waals surface area contributed by atoms with Gasteiger partial charge in [0, 0.05) is 50.0 Å². The van der Waals surface area contributed by atoms with Crippen molar-refractivity contribution in [3.8, 4) is 11.4 Å². The van der Waals surface area contributed by atoms with Crippen LogP contribution in [0.15, 0.2) is 84.9 Å². The van der Waals surface area contributed by atoms with Crippen molar-refractivity contribution in [2.24, 2.45) is 0 Å². The third kappa shape index (κ3) is 7.33. The summed E-state index contributed by atoms with van der Waals surface area (Å²) >= 11 is 0. The lowest BCUT2D eigenvalue weighted by molar-refractivity contribution is -0.137. The standard InChI is InChI=1S/C32H35F3N4.2ClH/c1-23(2)39-24(3)29(36-31(39)27-14-16-28(17-15-27)32(33,34)35)22-37-18-20-38(21-19-37)30(25-10-6-4-7-11-25)26-12-8-5-9-13-26;;/h4-17,23,30H,18-22H2,1-3H3;2*1H. The van der Waals surface area contributed by atoms with Crippen LogP contribution >= 0.6 is 24.8 Å². The summed E-state index contributed by atoms with van der Waals surface area (Å²) in [5.41, 5.74) is 4.69. The summed E-state index contributed by atoms with van der Waals surface area (Å²) in [4.78, 5) is 9.94. The Balaban J connectivity index is 0.00000231. The maximum atomic E-state index is 13.1. The van der Waals surface area contributed by atoms with Crippen LogP contribution in [0.5, 0.6) is 0 Å². The Kier molecular flexibility index (Phi) is 11.1. The second-order valence-electron chi connectivity index (χ2n) is 10.5. The van der Waals surface area contributed by atoms with Gasteiger partial charge in [-0.1, -0.05) is 72.8 Å². The average molecular weight is 606 g/mol. The van der Waals surface area contributed by atoms with Crippen LogP contribution in [-0.2, 0) is 12.7 Å². The molecule has 0 radical (unpaired) electrons. The predicted octanol–water partition coefficient (Wildman–Crippen LogP) is 8.21. The van der Waals surface area contributed by atoms with Crippen LogP contribution in [0.3, 0.4) is 0 Å². The third-order valence-corrected chi connectivity index (χ3v) is 7.61. The van der Waals surface area contributed by atoms with Crippen molar-refractivity contribution in [2.45, 2.75) is 45.6 Å². The lowest BCUT2D eigenvalue weighted by atomic mass is 9.96. The highest BCUT2D eigenvalue weighted by Gasteiger charge is 2.31. The number of nitrogens with zero attached hydrogens (tertiary/aromatic N) is 4. The van der Waals surface area contributed by atoms with E-state index in [-0.39, 0.29) is 36.9 Å². The van der Waals surface area contributed by atoms with Gasteiger partial charge in [0.05, 0.1) is 17.3 Å². The van der Waals surface area contributed by atoms with Gasteiger partial charge in [-0.3, -0.25) is 9.80 Å². The average Bonchev–Trinajstić information content (AvgIpc) is 3.26. The third-order valence-electron chi connectivity index (χ3n) is 7.61. The van der Waals surface area contributed by atoms with E-state index in [4.69, 9.17) is 4.98 Å². The van der Waals surface area contributed by atoms with Crippen LogP contribution in [0, 0.1) is 6.92 Å². The number of rotatable bonds is 7. The van der Waals surface area contributed by atoms with E-state index in [1.165, 1.54) is 23.3 Å². The van der Waals surface area contributed by atoms with Crippen molar-refractivity contribution < 1.29 is 13.2 Å². The second kappa shape index (κ2) is 13.9. The first-order valence-corrected chi connectivity index (χ1v) is 13.5. The first-order valence-electron chi connectivity index (χ1n) is 13.5. The molecule has 0 saturated carbocycles. The van der Waals surface area contributed by atoms with E-state index in [0.29, 0.717) is 12.1 Å². The van der Waals surface area contributed by atoms with Gasteiger partial charge < -0.3 is 4.57 Å². The van der Waals surface area contributed by atoms with Crippen molar-refractivity contribution in [1.82, 2.24) is 19.4 Å². The summed E-state index contributed by atoms with van der Waals surface area (Å²) in [5.74, 6) is 0.720. The van der Waals surface area contributed by atoms with Gasteiger partial charge in [0.15, 0.2) is 0 Å². The molecule has 1 aromatic heterocycles. The highest BCUT2D eigenvalue weighted by Crippen LogP contribution is 2.33. The van der Waals surface area contributed by atoms with Gasteiger partial charge in [-0.15, -0.1) is 24.8 Å². The van der Waals surface area contributed by atoms with Gasteiger partial charge in [-0.05, 0) is 44.0 Å². The zero-order chi connectivity index (χ0) is 27.6. The molecule has 4 aromatic rings. The Morgan fingerprint density at radius 3 is 1.73 bits per heavy atom. The fourth-order valence-electron chi connectivity index (χ4n) is 5.63. The number of benzene rings is 3. The van der Waals surface area contributed by atoms with Gasteiger partial charge >= 0.3 is 6.18 Å². The van der Waals surface area contributed by atoms with Gasteiger partial charge in [0.1, 0.15) is 5.82 Å². The number of aromatic nitrogens is 2. The van der Waals surface area contributed by atoms with E-state index in [1.807, 2.05) is 0 Å². The summed E-state index contributed by atoms with van der Waals surface area (Å²) in [6, 6.07) is 27.0. The van der Waals surface area contributed by atoms with E-state index in [0.717, 1.165) is 55.5 Å². The Morgan fingerprint density at radius 1 is 0.756 bits per heavy atom. The quantitative estimate of drug-likeness (QED) is 0.212. The smallest absolute Gasteiger partial charge is 0.326 e. The fourth-order valence-corrected chi connectivity index (χ4v) is 5.63.